The average molecular weight is 246 g/mol. The van der Waals surface area contributed by atoms with Crippen molar-refractivity contribution >= 4 is 11.8 Å². The maximum Gasteiger partial charge on any atom is 0.258 e. The molecule has 2 rings (SSSR count). The van der Waals surface area contributed by atoms with Gasteiger partial charge >= 0.3 is 0 Å². The van der Waals surface area contributed by atoms with Gasteiger partial charge in [-0.1, -0.05) is 6.92 Å². The maximum absolute atomic E-state index is 12.2. The van der Waals surface area contributed by atoms with Crippen LogP contribution in [0.2, 0.25) is 0 Å². The van der Waals surface area contributed by atoms with Crippen molar-refractivity contribution in [3.05, 3.63) is 11.1 Å². The molecule has 2 amide bonds. The SMILES string of the molecule is CC1=C(C)C(=O)N(C2(C#N)CCC(C)CC2)C1=O. The fourth-order valence-electron chi connectivity index (χ4n) is 2.76. The molecule has 18 heavy (non-hydrogen) atoms. The van der Waals surface area contributed by atoms with Crippen molar-refractivity contribution < 1.29 is 9.59 Å². The third-order valence-corrected chi connectivity index (χ3v) is 4.35. The molecule has 0 bridgehead atoms. The van der Waals surface area contributed by atoms with Crippen molar-refractivity contribution in [2.24, 2.45) is 5.92 Å². The minimum absolute atomic E-state index is 0.284. The second-order valence-corrected chi connectivity index (χ2v) is 5.52. The Morgan fingerprint density at radius 3 is 2.00 bits per heavy atom. The standard InChI is InChI=1S/C14H18N2O2/c1-9-4-6-14(8-15,7-5-9)16-12(17)10(2)11(3)13(16)18/h9H,4-7H2,1-3H3. The highest BCUT2D eigenvalue weighted by Gasteiger charge is 2.49. The predicted octanol–water partition coefficient (Wildman–Crippen LogP) is 2.16. The number of amides is 2. The normalized spacial score (nSPS) is 33.0. The largest absolute Gasteiger partial charge is 0.269 e. The molecule has 0 aromatic rings. The van der Waals surface area contributed by atoms with Gasteiger partial charge in [-0.05, 0) is 45.4 Å². The van der Waals surface area contributed by atoms with Crippen molar-refractivity contribution in [1.29, 1.82) is 5.26 Å². The summed E-state index contributed by atoms with van der Waals surface area (Å²) in [6.45, 7) is 5.46. The second kappa shape index (κ2) is 4.24. The lowest BCUT2D eigenvalue weighted by Gasteiger charge is -2.39. The van der Waals surface area contributed by atoms with Gasteiger partial charge in [-0.25, -0.2) is 0 Å². The first-order valence-electron chi connectivity index (χ1n) is 6.40. The van der Waals surface area contributed by atoms with E-state index in [1.807, 2.05) is 0 Å². The molecule has 0 unspecified atom stereocenters. The topological polar surface area (TPSA) is 61.2 Å². The Bertz CT molecular complexity index is 453. The Balaban J connectivity index is 2.35. The smallest absolute Gasteiger partial charge is 0.258 e. The van der Waals surface area contributed by atoms with Gasteiger partial charge in [0.25, 0.3) is 11.8 Å². The number of carbonyl (C=O) groups is 2. The van der Waals surface area contributed by atoms with Crippen molar-refractivity contribution in [3.63, 3.8) is 0 Å². The molecule has 1 fully saturated rings. The van der Waals surface area contributed by atoms with Crippen LogP contribution in [0.1, 0.15) is 46.5 Å². The van der Waals surface area contributed by atoms with Crippen molar-refractivity contribution in [2.45, 2.75) is 52.0 Å². The van der Waals surface area contributed by atoms with Gasteiger partial charge < -0.3 is 0 Å². The van der Waals surface area contributed by atoms with Crippen LogP contribution in [0.25, 0.3) is 0 Å². The molecule has 0 radical (unpaired) electrons. The minimum atomic E-state index is -0.917. The van der Waals surface area contributed by atoms with Gasteiger partial charge in [0.05, 0.1) is 6.07 Å². The van der Waals surface area contributed by atoms with Crippen LogP contribution >= 0.6 is 0 Å². The Morgan fingerprint density at radius 1 is 1.17 bits per heavy atom. The Hall–Kier alpha value is -1.63. The summed E-state index contributed by atoms with van der Waals surface area (Å²) in [5, 5.41) is 9.48. The average Bonchev–Trinajstić information content (AvgIpc) is 2.56. The van der Waals surface area contributed by atoms with E-state index in [4.69, 9.17) is 0 Å². The Morgan fingerprint density at radius 2 is 1.61 bits per heavy atom. The van der Waals surface area contributed by atoms with Crippen LogP contribution < -0.4 is 0 Å². The van der Waals surface area contributed by atoms with E-state index in [0.717, 1.165) is 12.8 Å². The summed E-state index contributed by atoms with van der Waals surface area (Å²) in [7, 11) is 0. The molecule has 4 heteroatoms. The zero-order chi connectivity index (χ0) is 13.5. The summed E-state index contributed by atoms with van der Waals surface area (Å²) < 4.78 is 0. The number of imide groups is 1. The first-order valence-corrected chi connectivity index (χ1v) is 6.40. The number of hydrogen-bond donors (Lipinski definition) is 0. The predicted molar refractivity (Wildman–Crippen MR) is 66.2 cm³/mol. The van der Waals surface area contributed by atoms with E-state index >= 15 is 0 Å². The second-order valence-electron chi connectivity index (χ2n) is 5.52. The zero-order valence-corrected chi connectivity index (χ0v) is 11.1. The lowest BCUT2D eigenvalue weighted by molar-refractivity contribution is -0.144. The van der Waals surface area contributed by atoms with Gasteiger partial charge in [0.2, 0.25) is 0 Å². The van der Waals surface area contributed by atoms with E-state index in [9.17, 15) is 14.9 Å². The van der Waals surface area contributed by atoms with Gasteiger partial charge in [0.1, 0.15) is 5.54 Å². The van der Waals surface area contributed by atoms with Crippen LogP contribution in [0.5, 0.6) is 0 Å². The lowest BCUT2D eigenvalue weighted by atomic mass is 9.77. The van der Waals surface area contributed by atoms with Gasteiger partial charge in [-0.3, -0.25) is 14.5 Å². The Kier molecular flexibility index (Phi) is 3.02. The number of rotatable bonds is 1. The first kappa shape index (κ1) is 12.8. The van der Waals surface area contributed by atoms with Gasteiger partial charge in [-0.15, -0.1) is 0 Å². The number of nitriles is 1. The first-order chi connectivity index (χ1) is 8.43. The molecular formula is C14H18N2O2. The number of nitrogens with zero attached hydrogens (tertiary/aromatic N) is 2. The van der Waals surface area contributed by atoms with Gasteiger partial charge in [-0.2, -0.15) is 5.26 Å². The molecule has 1 aliphatic carbocycles. The highest BCUT2D eigenvalue weighted by molar-refractivity contribution is 6.19. The van der Waals surface area contributed by atoms with Crippen LogP contribution in [0.3, 0.4) is 0 Å². The monoisotopic (exact) mass is 246 g/mol. The summed E-state index contributed by atoms with van der Waals surface area (Å²) in [5.41, 5.74) is 0.0427. The molecule has 2 aliphatic rings. The minimum Gasteiger partial charge on any atom is -0.269 e. The highest BCUT2D eigenvalue weighted by atomic mass is 16.2. The van der Waals surface area contributed by atoms with Crippen LogP contribution in [-0.4, -0.2) is 22.3 Å². The quantitative estimate of drug-likeness (QED) is 0.666. The van der Waals surface area contributed by atoms with Crippen LogP contribution in [-0.2, 0) is 9.59 Å². The number of carbonyl (C=O) groups excluding carboxylic acids is 2. The number of hydrogen-bond acceptors (Lipinski definition) is 3. The third-order valence-electron chi connectivity index (χ3n) is 4.35. The zero-order valence-electron chi connectivity index (χ0n) is 11.1. The van der Waals surface area contributed by atoms with Crippen molar-refractivity contribution in [3.8, 4) is 6.07 Å². The van der Waals surface area contributed by atoms with Gasteiger partial charge in [0.15, 0.2) is 0 Å². The van der Waals surface area contributed by atoms with Crippen molar-refractivity contribution in [2.75, 3.05) is 0 Å². The third kappa shape index (κ3) is 1.66. The van der Waals surface area contributed by atoms with Gasteiger partial charge in [0, 0.05) is 11.1 Å². The fourth-order valence-corrected chi connectivity index (χ4v) is 2.76. The molecule has 0 spiro atoms. The van der Waals surface area contributed by atoms with E-state index in [-0.39, 0.29) is 11.8 Å². The molecular weight excluding hydrogens is 228 g/mol. The molecule has 0 aromatic carbocycles. The highest BCUT2D eigenvalue weighted by Crippen LogP contribution is 2.39. The summed E-state index contributed by atoms with van der Waals surface area (Å²) in [6.07, 6.45) is 2.98. The maximum atomic E-state index is 12.2. The molecule has 4 nitrogen and oxygen atoms in total. The summed E-state index contributed by atoms with van der Waals surface area (Å²) in [6, 6.07) is 2.24. The molecule has 1 aliphatic heterocycles. The molecule has 0 saturated heterocycles. The van der Waals surface area contributed by atoms with E-state index in [1.165, 1.54) is 4.90 Å². The summed E-state index contributed by atoms with van der Waals surface area (Å²) in [5.74, 6) is -0.00311. The van der Waals surface area contributed by atoms with E-state index in [1.54, 1.807) is 13.8 Å². The molecule has 0 aromatic heterocycles. The molecule has 0 atom stereocenters. The fraction of sp³-hybridized carbons (Fsp3) is 0.643. The summed E-state index contributed by atoms with van der Waals surface area (Å²) >= 11 is 0. The molecule has 1 heterocycles. The van der Waals surface area contributed by atoms with Crippen LogP contribution in [0, 0.1) is 17.2 Å². The molecule has 1 saturated carbocycles. The van der Waals surface area contributed by atoms with E-state index < -0.39 is 5.54 Å². The van der Waals surface area contributed by atoms with Crippen LogP contribution in [0.4, 0.5) is 0 Å². The van der Waals surface area contributed by atoms with E-state index in [0.29, 0.717) is 29.9 Å². The van der Waals surface area contributed by atoms with Crippen molar-refractivity contribution in [1.82, 2.24) is 4.90 Å². The van der Waals surface area contributed by atoms with E-state index in [2.05, 4.69) is 13.0 Å². The van der Waals surface area contributed by atoms with Crippen LogP contribution in [0.15, 0.2) is 11.1 Å². The molecule has 96 valence electrons. The summed E-state index contributed by atoms with van der Waals surface area (Å²) in [4.78, 5) is 25.5. The Labute approximate surface area is 107 Å². The molecule has 0 N–H and O–H groups in total. The lowest BCUT2D eigenvalue weighted by Crippen LogP contribution is -2.53.